The van der Waals surface area contributed by atoms with Crippen LogP contribution in [-0.4, -0.2) is 58.5 Å². The van der Waals surface area contributed by atoms with E-state index in [4.69, 9.17) is 4.74 Å². The van der Waals surface area contributed by atoms with Crippen LogP contribution in [0, 0.1) is 23.5 Å². The number of carboxylic acids is 2. The highest BCUT2D eigenvalue weighted by molar-refractivity contribution is 5.83. The number of carboxylic acid groups (broad SMARTS) is 2. The lowest BCUT2D eigenvalue weighted by molar-refractivity contribution is -0.139. The molecule has 386 valence electrons. The normalized spacial score (nSPS) is 13.6. The van der Waals surface area contributed by atoms with Gasteiger partial charge in [0, 0.05) is 17.7 Å². The Morgan fingerprint density at radius 2 is 1.20 bits per heavy atom. The van der Waals surface area contributed by atoms with Crippen LogP contribution in [0.2, 0.25) is 0 Å². The summed E-state index contributed by atoms with van der Waals surface area (Å²) in [5.74, 6) is -3.79. The number of rotatable bonds is 21. The molecule has 0 bridgehead atoms. The van der Waals surface area contributed by atoms with E-state index in [1.807, 2.05) is 45.9 Å². The summed E-state index contributed by atoms with van der Waals surface area (Å²) in [4.78, 5) is 75.6. The number of carbonyl (C=O) groups is 3. The number of para-hydroxylation sites is 2. The number of halogens is 2. The fraction of sp³-hybridized carbons (Fsp3) is 0.259. The Hall–Kier alpha value is -8.41. The van der Waals surface area contributed by atoms with Crippen LogP contribution >= 0.6 is 0 Å². The number of nitrogens with one attached hydrogen (secondary N) is 2. The van der Waals surface area contributed by atoms with Crippen molar-refractivity contribution in [3.63, 3.8) is 0 Å². The third-order valence-electron chi connectivity index (χ3n) is 12.9. The molecule has 6 aromatic carbocycles. The summed E-state index contributed by atoms with van der Waals surface area (Å²) < 4.78 is 38.6. The molecule has 5 atom stereocenters. The molecule has 8 rings (SSSR count). The largest absolute Gasteiger partial charge is 0.481 e. The number of benzene rings is 6. The third-order valence-corrected chi connectivity index (χ3v) is 12.9. The molecule has 17 heteroatoms. The molecule has 1 amide bonds. The van der Waals surface area contributed by atoms with Crippen molar-refractivity contribution in [2.45, 2.75) is 83.8 Å². The van der Waals surface area contributed by atoms with Crippen molar-refractivity contribution >= 4 is 39.7 Å². The summed E-state index contributed by atoms with van der Waals surface area (Å²) in [5.41, 5.74) is 1.91. The van der Waals surface area contributed by atoms with E-state index < -0.39 is 78.3 Å². The highest BCUT2D eigenvalue weighted by atomic mass is 19.1. The van der Waals surface area contributed by atoms with E-state index in [9.17, 15) is 48.1 Å². The van der Waals surface area contributed by atoms with E-state index in [1.54, 1.807) is 84.9 Å². The molecule has 0 aliphatic heterocycles. The maximum absolute atomic E-state index is 14.8. The first kappa shape index (κ1) is 52.9. The molecule has 1 unspecified atom stereocenters. The molecule has 15 nitrogen and oxygen atoms in total. The predicted octanol–water partition coefficient (Wildman–Crippen LogP) is 10.1. The SMILES string of the molecule is CC(C)C[C@@H](C(=O)N[C@@H](CC(=O)O)c1cccc(-c2ccccc2Oc2ccc3c(=O)n([C@@H](CC(C)C)C(O)N[C@@H](CC(=O)O)c4cccc(-c5c(F)cccc5F)c4)cnc3c2)c1)n1cnc2ccccc2c1=O. The molecule has 0 spiro atoms. The van der Waals surface area contributed by atoms with Crippen molar-refractivity contribution in [3.05, 3.63) is 190 Å². The van der Waals surface area contributed by atoms with Crippen molar-refractivity contribution in [1.29, 1.82) is 0 Å². The van der Waals surface area contributed by atoms with Gasteiger partial charge < -0.3 is 25.4 Å². The van der Waals surface area contributed by atoms with Crippen molar-refractivity contribution in [3.8, 4) is 33.8 Å². The second-order valence-corrected chi connectivity index (χ2v) is 19.3. The topological polar surface area (TPSA) is 215 Å². The minimum absolute atomic E-state index is 0.00692. The fourth-order valence-electron chi connectivity index (χ4n) is 9.38. The molecule has 0 radical (unpaired) electrons. The molecule has 75 heavy (non-hydrogen) atoms. The third kappa shape index (κ3) is 12.3. The molecule has 0 saturated carbocycles. The number of fused-ring (bicyclic) bond motifs is 2. The number of aliphatic hydroxyl groups is 1. The van der Waals surface area contributed by atoms with Gasteiger partial charge in [0.25, 0.3) is 11.1 Å². The maximum Gasteiger partial charge on any atom is 0.305 e. The number of aromatic nitrogens is 4. The van der Waals surface area contributed by atoms with Gasteiger partial charge in [0.1, 0.15) is 35.4 Å². The monoisotopic (exact) mass is 1020 g/mol. The van der Waals surface area contributed by atoms with Gasteiger partial charge >= 0.3 is 11.9 Å². The van der Waals surface area contributed by atoms with E-state index in [-0.39, 0.29) is 52.3 Å². The summed E-state index contributed by atoms with van der Waals surface area (Å²) >= 11 is 0. The van der Waals surface area contributed by atoms with Crippen LogP contribution in [0.4, 0.5) is 8.78 Å². The molecule has 0 aliphatic rings. The van der Waals surface area contributed by atoms with Crippen molar-refractivity contribution in [2.75, 3.05) is 0 Å². The fourth-order valence-corrected chi connectivity index (χ4v) is 9.38. The Labute approximate surface area is 430 Å². The predicted molar refractivity (Wildman–Crippen MR) is 280 cm³/mol. The van der Waals surface area contributed by atoms with Gasteiger partial charge in [0.05, 0.1) is 64.9 Å². The summed E-state index contributed by atoms with van der Waals surface area (Å²) in [5, 5.41) is 38.2. The lowest BCUT2D eigenvalue weighted by Crippen LogP contribution is -2.43. The standard InChI is InChI=1S/C58H56F2N6O9/c1-33(2)24-49(65-31-61-45-20-7-5-17-41(45)57(65)73)55(71)63-46(29-52(67)68)36-13-9-12-35(26-36)40-16-6-8-21-51(40)75-39-22-23-42-48(28-39)62-32-66(58(42)74)50(25-34(3)4)56(72)64-47(30-53(69)70)37-14-10-15-38(27-37)54-43(59)18-11-19-44(54)60/h5-23,26-28,31-34,46-47,49-50,56,64,72H,24-25,29-30H2,1-4H3,(H,63,71)(H,67,68)(H,69,70)/t46-,47-,49-,50-,56?/m0/s1. The van der Waals surface area contributed by atoms with Gasteiger partial charge in [-0.25, -0.2) is 18.7 Å². The zero-order chi connectivity index (χ0) is 53.5. The number of nitrogens with zero attached hydrogens (tertiary/aromatic N) is 4. The van der Waals surface area contributed by atoms with Crippen molar-refractivity contribution in [2.24, 2.45) is 11.8 Å². The number of aliphatic hydroxyl groups excluding tert-OH is 1. The van der Waals surface area contributed by atoms with Gasteiger partial charge in [-0.2, -0.15) is 0 Å². The highest BCUT2D eigenvalue weighted by Gasteiger charge is 2.30. The zero-order valence-electron chi connectivity index (χ0n) is 41.6. The summed E-state index contributed by atoms with van der Waals surface area (Å²) in [6.07, 6.45) is 0.780. The lowest BCUT2D eigenvalue weighted by Gasteiger charge is -2.30. The first-order valence-corrected chi connectivity index (χ1v) is 24.5. The number of amides is 1. The van der Waals surface area contributed by atoms with Gasteiger partial charge in [0.2, 0.25) is 5.91 Å². The Morgan fingerprint density at radius 1 is 0.627 bits per heavy atom. The maximum atomic E-state index is 14.8. The summed E-state index contributed by atoms with van der Waals surface area (Å²) in [6.45, 7) is 7.66. The first-order valence-electron chi connectivity index (χ1n) is 24.5. The second-order valence-electron chi connectivity index (χ2n) is 19.3. The van der Waals surface area contributed by atoms with Crippen LogP contribution in [0.5, 0.6) is 11.5 Å². The van der Waals surface area contributed by atoms with E-state index >= 15 is 0 Å². The second kappa shape index (κ2) is 23.2. The zero-order valence-corrected chi connectivity index (χ0v) is 41.6. The van der Waals surface area contributed by atoms with Crippen LogP contribution in [-0.2, 0) is 14.4 Å². The van der Waals surface area contributed by atoms with Crippen molar-refractivity contribution < 1.29 is 43.2 Å². The summed E-state index contributed by atoms with van der Waals surface area (Å²) in [7, 11) is 0. The van der Waals surface area contributed by atoms with E-state index in [1.165, 1.54) is 40.0 Å². The Bertz CT molecular complexity index is 3510. The van der Waals surface area contributed by atoms with Gasteiger partial charge in [-0.15, -0.1) is 0 Å². The number of aliphatic carboxylic acids is 2. The van der Waals surface area contributed by atoms with Gasteiger partial charge in [-0.1, -0.05) is 100 Å². The van der Waals surface area contributed by atoms with Gasteiger partial charge in [-0.3, -0.25) is 38.4 Å². The van der Waals surface area contributed by atoms with E-state index in [0.717, 1.165) is 12.1 Å². The molecule has 2 aromatic heterocycles. The summed E-state index contributed by atoms with van der Waals surface area (Å²) in [6, 6.07) is 31.5. The van der Waals surface area contributed by atoms with Crippen LogP contribution in [0.15, 0.2) is 156 Å². The Kier molecular flexibility index (Phi) is 16.4. The Morgan fingerprint density at radius 3 is 1.91 bits per heavy atom. The smallest absolute Gasteiger partial charge is 0.305 e. The minimum Gasteiger partial charge on any atom is -0.481 e. The van der Waals surface area contributed by atoms with Crippen LogP contribution in [0.3, 0.4) is 0 Å². The molecule has 2 heterocycles. The average molecular weight is 1020 g/mol. The Balaban J connectivity index is 1.04. The number of ether oxygens (including phenoxy) is 1. The van der Waals surface area contributed by atoms with Gasteiger partial charge in [0.15, 0.2) is 0 Å². The molecule has 0 saturated heterocycles. The van der Waals surface area contributed by atoms with Gasteiger partial charge in [-0.05, 0) is 102 Å². The number of carbonyl (C=O) groups excluding carboxylic acids is 1. The van der Waals surface area contributed by atoms with E-state index in [2.05, 4.69) is 20.6 Å². The van der Waals surface area contributed by atoms with Crippen LogP contribution in [0.25, 0.3) is 44.1 Å². The molecule has 8 aromatic rings. The van der Waals surface area contributed by atoms with E-state index in [0.29, 0.717) is 44.7 Å². The van der Waals surface area contributed by atoms with Crippen LogP contribution in [0.1, 0.15) is 88.7 Å². The molecular weight excluding hydrogens is 963 g/mol. The molecule has 0 fully saturated rings. The molecular formula is C58H56F2N6O9. The quantitative estimate of drug-likeness (QED) is 0.0425. The lowest BCUT2D eigenvalue weighted by atomic mass is 9.96. The average Bonchev–Trinajstić information content (AvgIpc) is 3.37. The van der Waals surface area contributed by atoms with Crippen LogP contribution < -0.4 is 26.5 Å². The minimum atomic E-state index is -1.49. The highest BCUT2D eigenvalue weighted by Crippen LogP contribution is 2.36. The molecule has 5 N–H and O–H groups in total. The number of hydrogen-bond acceptors (Lipinski definition) is 10. The molecule has 0 aliphatic carbocycles. The number of hydrogen-bond donors (Lipinski definition) is 5. The van der Waals surface area contributed by atoms with Crippen molar-refractivity contribution in [1.82, 2.24) is 29.7 Å². The first-order chi connectivity index (χ1) is 35.9.